The van der Waals surface area contributed by atoms with Gasteiger partial charge < -0.3 is 10.1 Å². The van der Waals surface area contributed by atoms with Gasteiger partial charge in [-0.1, -0.05) is 6.08 Å². The highest BCUT2D eigenvalue weighted by Crippen LogP contribution is 2.27. The van der Waals surface area contributed by atoms with Crippen molar-refractivity contribution in [1.82, 2.24) is 4.72 Å². The number of anilines is 1. The summed E-state index contributed by atoms with van der Waals surface area (Å²) in [6.07, 6.45) is 1.45. The Labute approximate surface area is 118 Å². The van der Waals surface area contributed by atoms with Crippen molar-refractivity contribution in [3.63, 3.8) is 0 Å². The zero-order valence-corrected chi connectivity index (χ0v) is 12.3. The molecule has 0 aliphatic heterocycles. The maximum Gasteiger partial charge on any atom is 0.240 e. The lowest BCUT2D eigenvalue weighted by molar-refractivity contribution is -0.114. The Hall–Kier alpha value is -1.86. The molecule has 0 heterocycles. The minimum Gasteiger partial charge on any atom is -0.492 e. The van der Waals surface area contributed by atoms with Crippen molar-refractivity contribution < 1.29 is 17.9 Å². The SMILES string of the molecule is C=CCNS(=O)(=O)c1ccc(OCC)c(NC(C)=O)c1. The van der Waals surface area contributed by atoms with Crippen LogP contribution in [0, 0.1) is 0 Å². The predicted molar refractivity (Wildman–Crippen MR) is 77.3 cm³/mol. The van der Waals surface area contributed by atoms with Gasteiger partial charge in [-0.05, 0) is 25.1 Å². The molecule has 6 nitrogen and oxygen atoms in total. The molecule has 1 aromatic rings. The third-order valence-electron chi connectivity index (χ3n) is 2.29. The topological polar surface area (TPSA) is 84.5 Å². The van der Waals surface area contributed by atoms with Gasteiger partial charge in [-0.15, -0.1) is 6.58 Å². The van der Waals surface area contributed by atoms with Crippen molar-refractivity contribution in [3.8, 4) is 5.75 Å². The molecule has 0 aliphatic rings. The van der Waals surface area contributed by atoms with Gasteiger partial charge in [0.1, 0.15) is 5.75 Å². The van der Waals surface area contributed by atoms with Gasteiger partial charge in [-0.25, -0.2) is 13.1 Å². The third-order valence-corrected chi connectivity index (χ3v) is 3.71. The Balaban J connectivity index is 3.17. The van der Waals surface area contributed by atoms with Gasteiger partial charge in [-0.3, -0.25) is 4.79 Å². The molecule has 20 heavy (non-hydrogen) atoms. The van der Waals surface area contributed by atoms with E-state index < -0.39 is 10.0 Å². The van der Waals surface area contributed by atoms with E-state index in [1.807, 2.05) is 0 Å². The molecule has 0 fully saturated rings. The minimum absolute atomic E-state index is 0.0477. The van der Waals surface area contributed by atoms with Crippen molar-refractivity contribution in [2.45, 2.75) is 18.7 Å². The molecule has 1 aromatic carbocycles. The van der Waals surface area contributed by atoms with Crippen LogP contribution < -0.4 is 14.8 Å². The molecule has 0 saturated carbocycles. The van der Waals surface area contributed by atoms with Gasteiger partial charge in [0.05, 0.1) is 17.2 Å². The van der Waals surface area contributed by atoms with E-state index in [4.69, 9.17) is 4.74 Å². The van der Waals surface area contributed by atoms with Crippen molar-refractivity contribution in [2.75, 3.05) is 18.5 Å². The van der Waals surface area contributed by atoms with Crippen LogP contribution in [0.5, 0.6) is 5.75 Å². The van der Waals surface area contributed by atoms with Gasteiger partial charge in [0.15, 0.2) is 0 Å². The predicted octanol–water partition coefficient (Wildman–Crippen LogP) is 1.51. The number of carbonyl (C=O) groups is 1. The molecule has 0 radical (unpaired) electrons. The summed E-state index contributed by atoms with van der Waals surface area (Å²) in [7, 11) is -3.64. The van der Waals surface area contributed by atoms with Crippen LogP contribution in [0.4, 0.5) is 5.69 Å². The Morgan fingerprint density at radius 3 is 2.70 bits per heavy atom. The van der Waals surface area contributed by atoms with E-state index in [9.17, 15) is 13.2 Å². The highest BCUT2D eigenvalue weighted by Gasteiger charge is 2.16. The van der Waals surface area contributed by atoms with E-state index in [0.29, 0.717) is 18.0 Å². The second-order valence-electron chi connectivity index (χ2n) is 3.91. The Bertz CT molecular complexity index is 596. The number of hydrogen-bond donors (Lipinski definition) is 2. The second-order valence-corrected chi connectivity index (χ2v) is 5.68. The Morgan fingerprint density at radius 2 is 2.15 bits per heavy atom. The molecule has 1 rings (SSSR count). The number of amides is 1. The summed E-state index contributed by atoms with van der Waals surface area (Å²) < 4.78 is 31.7. The molecular weight excluding hydrogens is 280 g/mol. The summed E-state index contributed by atoms with van der Waals surface area (Å²) in [6, 6.07) is 4.29. The van der Waals surface area contributed by atoms with Crippen LogP contribution in [-0.4, -0.2) is 27.5 Å². The summed E-state index contributed by atoms with van der Waals surface area (Å²) in [5.41, 5.74) is 0.320. The van der Waals surface area contributed by atoms with Gasteiger partial charge >= 0.3 is 0 Å². The lowest BCUT2D eigenvalue weighted by Gasteiger charge is -2.12. The van der Waals surface area contributed by atoms with Crippen LogP contribution in [0.25, 0.3) is 0 Å². The number of ether oxygens (including phenoxy) is 1. The summed E-state index contributed by atoms with van der Waals surface area (Å²) in [4.78, 5) is 11.2. The first-order valence-corrected chi connectivity index (χ1v) is 7.54. The second kappa shape index (κ2) is 7.06. The normalized spacial score (nSPS) is 10.9. The number of hydrogen-bond acceptors (Lipinski definition) is 4. The molecule has 1 amide bonds. The maximum atomic E-state index is 12.0. The lowest BCUT2D eigenvalue weighted by atomic mass is 10.3. The van der Waals surface area contributed by atoms with Crippen LogP contribution in [0.2, 0.25) is 0 Å². The molecule has 0 aromatic heterocycles. The van der Waals surface area contributed by atoms with Gasteiger partial charge in [0.25, 0.3) is 0 Å². The largest absolute Gasteiger partial charge is 0.492 e. The average Bonchev–Trinajstić information content (AvgIpc) is 2.38. The molecule has 7 heteroatoms. The number of nitrogens with one attached hydrogen (secondary N) is 2. The zero-order valence-electron chi connectivity index (χ0n) is 11.5. The monoisotopic (exact) mass is 298 g/mol. The number of carbonyl (C=O) groups excluding carboxylic acids is 1. The van der Waals surface area contributed by atoms with Gasteiger partial charge in [0, 0.05) is 13.5 Å². The summed E-state index contributed by atoms with van der Waals surface area (Å²) in [6.45, 7) is 7.13. The third kappa shape index (κ3) is 4.36. The minimum atomic E-state index is -3.64. The molecule has 0 spiro atoms. The number of rotatable bonds is 7. The summed E-state index contributed by atoms with van der Waals surface area (Å²) >= 11 is 0. The first-order valence-electron chi connectivity index (χ1n) is 6.05. The molecule has 0 bridgehead atoms. The fourth-order valence-corrected chi connectivity index (χ4v) is 2.52. The molecule has 0 atom stereocenters. The van der Waals surface area contributed by atoms with Crippen LogP contribution in [-0.2, 0) is 14.8 Å². The average molecular weight is 298 g/mol. The van der Waals surface area contributed by atoms with Crippen molar-refractivity contribution in [1.29, 1.82) is 0 Å². The lowest BCUT2D eigenvalue weighted by Crippen LogP contribution is -2.23. The molecular formula is C13H18N2O4S. The molecule has 0 unspecified atom stereocenters. The van der Waals surface area contributed by atoms with E-state index in [2.05, 4.69) is 16.6 Å². The summed E-state index contributed by atoms with van der Waals surface area (Å²) in [5, 5.41) is 2.55. The molecule has 110 valence electrons. The van der Waals surface area contributed by atoms with Crippen LogP contribution in [0.1, 0.15) is 13.8 Å². The Kier molecular flexibility index (Phi) is 5.72. The fourth-order valence-electron chi connectivity index (χ4n) is 1.50. The Morgan fingerprint density at radius 1 is 1.45 bits per heavy atom. The van der Waals surface area contributed by atoms with Crippen LogP contribution in [0.15, 0.2) is 35.7 Å². The quantitative estimate of drug-likeness (QED) is 0.747. The van der Waals surface area contributed by atoms with Gasteiger partial charge in [-0.2, -0.15) is 0 Å². The van der Waals surface area contributed by atoms with E-state index >= 15 is 0 Å². The number of sulfonamides is 1. The summed E-state index contributed by atoms with van der Waals surface area (Å²) in [5.74, 6) is 0.116. The number of benzene rings is 1. The van der Waals surface area contributed by atoms with E-state index in [0.717, 1.165) is 0 Å². The van der Waals surface area contributed by atoms with E-state index in [1.165, 1.54) is 31.2 Å². The smallest absolute Gasteiger partial charge is 0.240 e. The molecule has 2 N–H and O–H groups in total. The van der Waals surface area contributed by atoms with E-state index in [1.54, 1.807) is 6.92 Å². The standard InChI is InChI=1S/C13H18N2O4S/c1-4-8-14-20(17,18)11-6-7-13(19-5-2)12(9-11)15-10(3)16/h4,6-7,9,14H,1,5,8H2,2-3H3,(H,15,16). The zero-order chi connectivity index (χ0) is 15.2. The molecule has 0 saturated heterocycles. The van der Waals surface area contributed by atoms with Crippen molar-refractivity contribution in [3.05, 3.63) is 30.9 Å². The van der Waals surface area contributed by atoms with Crippen LogP contribution in [0.3, 0.4) is 0 Å². The van der Waals surface area contributed by atoms with Crippen molar-refractivity contribution in [2.24, 2.45) is 0 Å². The maximum absolute atomic E-state index is 12.0. The highest BCUT2D eigenvalue weighted by molar-refractivity contribution is 7.89. The highest BCUT2D eigenvalue weighted by atomic mass is 32.2. The van der Waals surface area contributed by atoms with E-state index in [-0.39, 0.29) is 17.3 Å². The van der Waals surface area contributed by atoms with Crippen LogP contribution >= 0.6 is 0 Å². The first-order chi connectivity index (χ1) is 9.40. The molecule has 0 aliphatic carbocycles. The first kappa shape index (κ1) is 16.2. The van der Waals surface area contributed by atoms with Gasteiger partial charge in [0.2, 0.25) is 15.9 Å². The fraction of sp³-hybridized carbons (Fsp3) is 0.308. The van der Waals surface area contributed by atoms with Crippen molar-refractivity contribution >= 4 is 21.6 Å².